The highest BCUT2D eigenvalue weighted by molar-refractivity contribution is 5.92. The van der Waals surface area contributed by atoms with Crippen LogP contribution in [0.4, 0.5) is 10.5 Å². The van der Waals surface area contributed by atoms with Crippen LogP contribution in [0.15, 0.2) is 48.5 Å². The Hall–Kier alpha value is -2.86. The van der Waals surface area contributed by atoms with E-state index >= 15 is 0 Å². The summed E-state index contributed by atoms with van der Waals surface area (Å²) in [4.78, 5) is 26.4. The molecule has 0 saturated heterocycles. The standard InChI is InChI=1S/C29H40N2O4/c1-4-5-6-7-8-18-30-29(33)31(2)26-11-9-10-25(20-26)24-16-14-22(15-17-24)19-27(28(32)34-3)35-21-23-12-13-23/h9-11,14-17,20,23,27H,4-8,12-13,18-19,21H2,1-3H3,(H,30,33). The summed E-state index contributed by atoms with van der Waals surface area (Å²) in [7, 11) is 3.19. The van der Waals surface area contributed by atoms with E-state index in [1.54, 1.807) is 11.9 Å². The van der Waals surface area contributed by atoms with Crippen LogP contribution in [0.3, 0.4) is 0 Å². The molecule has 0 heterocycles. The summed E-state index contributed by atoms with van der Waals surface area (Å²) in [6, 6.07) is 16.0. The van der Waals surface area contributed by atoms with E-state index in [2.05, 4.69) is 12.2 Å². The van der Waals surface area contributed by atoms with E-state index in [0.717, 1.165) is 35.2 Å². The summed E-state index contributed by atoms with van der Waals surface area (Å²) in [5.41, 5.74) is 3.94. The number of carbonyl (C=O) groups excluding carboxylic acids is 2. The summed E-state index contributed by atoms with van der Waals surface area (Å²) >= 11 is 0. The Morgan fingerprint density at radius 1 is 1.03 bits per heavy atom. The maximum absolute atomic E-state index is 12.6. The summed E-state index contributed by atoms with van der Waals surface area (Å²) in [6.45, 7) is 3.51. The maximum Gasteiger partial charge on any atom is 0.335 e. The lowest BCUT2D eigenvalue weighted by Crippen LogP contribution is -2.37. The average molecular weight is 481 g/mol. The molecule has 6 nitrogen and oxygen atoms in total. The van der Waals surface area contributed by atoms with Crippen LogP contribution < -0.4 is 10.2 Å². The number of amides is 2. The van der Waals surface area contributed by atoms with Crippen LogP contribution in [0.5, 0.6) is 0 Å². The first kappa shape index (κ1) is 26.7. The molecule has 1 N–H and O–H groups in total. The highest BCUT2D eigenvalue weighted by atomic mass is 16.6. The van der Waals surface area contributed by atoms with Gasteiger partial charge in [-0.25, -0.2) is 9.59 Å². The van der Waals surface area contributed by atoms with Gasteiger partial charge in [0.05, 0.1) is 13.7 Å². The predicted molar refractivity (Wildman–Crippen MR) is 141 cm³/mol. The molecule has 3 rings (SSSR count). The van der Waals surface area contributed by atoms with Crippen LogP contribution >= 0.6 is 0 Å². The van der Waals surface area contributed by atoms with Crippen LogP contribution in [-0.2, 0) is 20.7 Å². The molecule has 2 amide bonds. The molecule has 0 bridgehead atoms. The fraction of sp³-hybridized carbons (Fsp3) is 0.517. The van der Waals surface area contributed by atoms with Crippen molar-refractivity contribution in [3.05, 3.63) is 54.1 Å². The second kappa shape index (κ2) is 13.9. The molecule has 0 aromatic heterocycles. The number of nitrogens with zero attached hydrogens (tertiary/aromatic N) is 1. The molecule has 2 aromatic carbocycles. The van der Waals surface area contributed by atoms with E-state index in [1.165, 1.54) is 39.2 Å². The zero-order valence-corrected chi connectivity index (χ0v) is 21.4. The van der Waals surface area contributed by atoms with Crippen molar-refractivity contribution in [2.45, 2.75) is 64.4 Å². The third-order valence-electron chi connectivity index (χ3n) is 6.50. The smallest absolute Gasteiger partial charge is 0.335 e. The monoisotopic (exact) mass is 480 g/mol. The van der Waals surface area contributed by atoms with Crippen LogP contribution in [0.2, 0.25) is 0 Å². The lowest BCUT2D eigenvalue weighted by atomic mass is 10.0. The average Bonchev–Trinajstić information content (AvgIpc) is 3.72. The molecule has 35 heavy (non-hydrogen) atoms. The normalized spacial score (nSPS) is 13.8. The first-order valence-electron chi connectivity index (χ1n) is 12.9. The molecule has 0 aliphatic heterocycles. The zero-order valence-electron chi connectivity index (χ0n) is 21.4. The van der Waals surface area contributed by atoms with Crippen molar-refractivity contribution in [3.8, 4) is 11.1 Å². The molecule has 1 fully saturated rings. The number of hydrogen-bond donors (Lipinski definition) is 1. The Balaban J connectivity index is 1.57. The van der Waals surface area contributed by atoms with Gasteiger partial charge >= 0.3 is 12.0 Å². The fourth-order valence-electron chi connectivity index (χ4n) is 3.98. The molecule has 1 aliphatic carbocycles. The Morgan fingerprint density at radius 3 is 2.46 bits per heavy atom. The molecule has 1 atom stereocenters. The highest BCUT2D eigenvalue weighted by Gasteiger charge is 2.26. The number of unbranched alkanes of at least 4 members (excludes halogenated alkanes) is 4. The number of carbonyl (C=O) groups is 2. The highest BCUT2D eigenvalue weighted by Crippen LogP contribution is 2.30. The Labute approximate surface area is 210 Å². The second-order valence-corrected chi connectivity index (χ2v) is 9.45. The molecular formula is C29H40N2O4. The second-order valence-electron chi connectivity index (χ2n) is 9.45. The van der Waals surface area contributed by atoms with Crippen molar-refractivity contribution in [1.29, 1.82) is 0 Å². The Kier molecular flexibility index (Phi) is 10.6. The molecule has 1 saturated carbocycles. The minimum atomic E-state index is -0.575. The van der Waals surface area contributed by atoms with Crippen molar-refractivity contribution < 1.29 is 19.1 Å². The van der Waals surface area contributed by atoms with E-state index in [0.29, 0.717) is 25.5 Å². The van der Waals surface area contributed by atoms with E-state index in [1.807, 2.05) is 48.5 Å². The van der Waals surface area contributed by atoms with E-state index in [4.69, 9.17) is 9.47 Å². The number of rotatable bonds is 14. The summed E-state index contributed by atoms with van der Waals surface area (Å²) < 4.78 is 10.8. The van der Waals surface area contributed by atoms with Crippen molar-refractivity contribution in [2.75, 3.05) is 32.2 Å². The third-order valence-corrected chi connectivity index (χ3v) is 6.50. The number of hydrogen-bond acceptors (Lipinski definition) is 4. The molecule has 6 heteroatoms. The largest absolute Gasteiger partial charge is 0.467 e. The van der Waals surface area contributed by atoms with Gasteiger partial charge in [0.1, 0.15) is 0 Å². The minimum Gasteiger partial charge on any atom is -0.467 e. The summed E-state index contributed by atoms with van der Waals surface area (Å²) in [5, 5.41) is 3.02. The van der Waals surface area contributed by atoms with Gasteiger partial charge in [0.2, 0.25) is 0 Å². The van der Waals surface area contributed by atoms with E-state index < -0.39 is 6.10 Å². The molecule has 0 radical (unpaired) electrons. The first-order valence-corrected chi connectivity index (χ1v) is 12.9. The summed E-state index contributed by atoms with van der Waals surface area (Å²) in [5.74, 6) is 0.257. The van der Waals surface area contributed by atoms with Gasteiger partial charge in [0.25, 0.3) is 0 Å². The number of anilines is 1. The molecule has 190 valence electrons. The maximum atomic E-state index is 12.6. The van der Waals surface area contributed by atoms with Gasteiger partial charge in [-0.2, -0.15) is 0 Å². The lowest BCUT2D eigenvalue weighted by Gasteiger charge is -2.19. The predicted octanol–water partition coefficient (Wildman–Crippen LogP) is 5.98. The number of benzene rings is 2. The molecule has 1 aliphatic rings. The van der Waals surface area contributed by atoms with Crippen molar-refractivity contribution >= 4 is 17.7 Å². The Morgan fingerprint density at radius 2 is 1.77 bits per heavy atom. The van der Waals surface area contributed by atoms with Crippen molar-refractivity contribution in [3.63, 3.8) is 0 Å². The quantitative estimate of drug-likeness (QED) is 0.267. The molecular weight excluding hydrogens is 440 g/mol. The van der Waals surface area contributed by atoms with Crippen molar-refractivity contribution in [1.82, 2.24) is 5.32 Å². The topological polar surface area (TPSA) is 67.9 Å². The molecule has 0 spiro atoms. The SMILES string of the molecule is CCCCCCCNC(=O)N(C)c1cccc(-c2ccc(CC(OCC3CC3)C(=O)OC)cc2)c1. The zero-order chi connectivity index (χ0) is 25.0. The number of esters is 1. The number of methoxy groups -OCH3 is 1. The number of urea groups is 1. The van der Waals surface area contributed by atoms with Crippen LogP contribution in [0.25, 0.3) is 11.1 Å². The van der Waals surface area contributed by atoms with Crippen LogP contribution in [0, 0.1) is 5.92 Å². The first-order chi connectivity index (χ1) is 17.0. The lowest BCUT2D eigenvalue weighted by molar-refractivity contribution is -0.154. The van der Waals surface area contributed by atoms with Gasteiger partial charge in [-0.3, -0.25) is 4.90 Å². The summed E-state index contributed by atoms with van der Waals surface area (Å²) in [6.07, 6.45) is 8.12. The third kappa shape index (κ3) is 8.70. The van der Waals surface area contributed by atoms with E-state index in [9.17, 15) is 9.59 Å². The molecule has 1 unspecified atom stereocenters. The van der Waals surface area contributed by atoms with Crippen molar-refractivity contribution in [2.24, 2.45) is 5.92 Å². The van der Waals surface area contributed by atoms with Gasteiger partial charge in [0.15, 0.2) is 6.10 Å². The van der Waals surface area contributed by atoms with Gasteiger partial charge in [-0.05, 0) is 54.0 Å². The van der Waals surface area contributed by atoms with Crippen LogP contribution in [-0.4, -0.2) is 45.4 Å². The van der Waals surface area contributed by atoms with Gasteiger partial charge in [-0.15, -0.1) is 0 Å². The van der Waals surface area contributed by atoms with Crippen LogP contribution in [0.1, 0.15) is 57.4 Å². The number of ether oxygens (including phenoxy) is 2. The van der Waals surface area contributed by atoms with Gasteiger partial charge < -0.3 is 14.8 Å². The van der Waals surface area contributed by atoms with E-state index in [-0.39, 0.29) is 12.0 Å². The fourth-order valence-corrected chi connectivity index (χ4v) is 3.98. The van der Waals surface area contributed by atoms with Gasteiger partial charge in [0, 0.05) is 25.7 Å². The Bertz CT molecular complexity index is 940. The van der Waals surface area contributed by atoms with Gasteiger partial charge in [-0.1, -0.05) is 69.0 Å². The molecule has 2 aromatic rings. The minimum absolute atomic E-state index is 0.0898. The number of nitrogens with one attached hydrogen (secondary N) is 1.